The maximum absolute atomic E-state index is 12.6. The maximum atomic E-state index is 12.6. The Labute approximate surface area is 142 Å². The minimum atomic E-state index is -0.0849. The maximum Gasteiger partial charge on any atom is 0.317 e. The van der Waals surface area contributed by atoms with Gasteiger partial charge in [-0.1, -0.05) is 30.3 Å². The normalized spacial score (nSPS) is 21.4. The highest BCUT2D eigenvalue weighted by molar-refractivity contribution is 5.81. The first-order chi connectivity index (χ1) is 11.7. The quantitative estimate of drug-likeness (QED) is 0.912. The van der Waals surface area contributed by atoms with Gasteiger partial charge in [-0.25, -0.2) is 4.79 Å². The van der Waals surface area contributed by atoms with Crippen LogP contribution < -0.4 is 5.32 Å². The number of carbonyl (C=O) groups excluding carboxylic acids is 2. The van der Waals surface area contributed by atoms with Gasteiger partial charge in [0.25, 0.3) is 0 Å². The van der Waals surface area contributed by atoms with Gasteiger partial charge in [-0.05, 0) is 18.4 Å². The first-order valence-corrected chi connectivity index (χ1v) is 8.67. The monoisotopic (exact) mass is 331 g/mol. The van der Waals surface area contributed by atoms with Gasteiger partial charge in [-0.15, -0.1) is 0 Å². The first kappa shape index (κ1) is 16.8. The SMILES string of the molecule is O=C(NCc1ccccc1)N1CCC[C@H](C(=O)N2CCOCC2)C1. The van der Waals surface area contributed by atoms with Crippen molar-refractivity contribution in [3.8, 4) is 0 Å². The summed E-state index contributed by atoms with van der Waals surface area (Å²) in [5, 5.41) is 2.95. The molecule has 6 heteroatoms. The van der Waals surface area contributed by atoms with E-state index >= 15 is 0 Å². The Hall–Kier alpha value is -2.08. The van der Waals surface area contributed by atoms with Crippen molar-refractivity contribution in [1.29, 1.82) is 0 Å². The molecule has 0 unspecified atom stereocenters. The third-order valence-corrected chi connectivity index (χ3v) is 4.67. The topological polar surface area (TPSA) is 61.9 Å². The van der Waals surface area contributed by atoms with E-state index in [0.717, 1.165) is 18.4 Å². The molecule has 1 aromatic carbocycles. The molecule has 6 nitrogen and oxygen atoms in total. The molecular weight excluding hydrogens is 306 g/mol. The number of carbonyl (C=O) groups is 2. The Balaban J connectivity index is 1.50. The van der Waals surface area contributed by atoms with Crippen molar-refractivity contribution in [3.05, 3.63) is 35.9 Å². The molecule has 2 saturated heterocycles. The van der Waals surface area contributed by atoms with Gasteiger partial charge < -0.3 is 19.9 Å². The summed E-state index contributed by atoms with van der Waals surface area (Å²) in [5.41, 5.74) is 1.07. The van der Waals surface area contributed by atoms with Crippen molar-refractivity contribution in [2.24, 2.45) is 5.92 Å². The van der Waals surface area contributed by atoms with Gasteiger partial charge in [-0.3, -0.25) is 4.79 Å². The van der Waals surface area contributed by atoms with Gasteiger partial charge in [0.15, 0.2) is 0 Å². The molecule has 2 fully saturated rings. The number of ether oxygens (including phenoxy) is 1. The van der Waals surface area contributed by atoms with Crippen LogP contribution in [0.4, 0.5) is 4.79 Å². The average molecular weight is 331 g/mol. The second-order valence-corrected chi connectivity index (χ2v) is 6.37. The first-order valence-electron chi connectivity index (χ1n) is 8.67. The summed E-state index contributed by atoms with van der Waals surface area (Å²) < 4.78 is 5.30. The van der Waals surface area contributed by atoms with Crippen LogP contribution in [0, 0.1) is 5.92 Å². The summed E-state index contributed by atoms with van der Waals surface area (Å²) in [6, 6.07) is 9.76. The van der Waals surface area contributed by atoms with Gasteiger partial charge in [0.05, 0.1) is 19.1 Å². The van der Waals surface area contributed by atoms with Crippen LogP contribution in [0.1, 0.15) is 18.4 Å². The predicted octanol–water partition coefficient (Wildman–Crippen LogP) is 1.47. The summed E-state index contributed by atoms with van der Waals surface area (Å²) >= 11 is 0. The number of likely N-dealkylation sites (tertiary alicyclic amines) is 1. The lowest BCUT2D eigenvalue weighted by Gasteiger charge is -2.36. The highest BCUT2D eigenvalue weighted by Crippen LogP contribution is 2.19. The molecule has 0 saturated carbocycles. The molecular formula is C18H25N3O3. The number of hydrogen-bond donors (Lipinski definition) is 1. The van der Waals surface area contributed by atoms with E-state index in [1.807, 2.05) is 35.2 Å². The third kappa shape index (κ3) is 4.26. The Morgan fingerprint density at radius 1 is 1.08 bits per heavy atom. The van der Waals surface area contributed by atoms with Crippen LogP contribution in [0.5, 0.6) is 0 Å². The minimum Gasteiger partial charge on any atom is -0.378 e. The largest absolute Gasteiger partial charge is 0.378 e. The molecule has 0 aliphatic carbocycles. The van der Waals surface area contributed by atoms with Crippen LogP contribution in [0.25, 0.3) is 0 Å². The second kappa shape index (κ2) is 8.15. The van der Waals surface area contributed by atoms with E-state index in [1.165, 1.54) is 0 Å². The Morgan fingerprint density at radius 3 is 2.58 bits per heavy atom. The van der Waals surface area contributed by atoms with Crippen LogP contribution in [-0.2, 0) is 16.1 Å². The molecule has 2 aliphatic heterocycles. The fraction of sp³-hybridized carbons (Fsp3) is 0.556. The van der Waals surface area contributed by atoms with E-state index in [1.54, 1.807) is 4.90 Å². The van der Waals surface area contributed by atoms with Crippen molar-refractivity contribution < 1.29 is 14.3 Å². The van der Waals surface area contributed by atoms with Crippen LogP contribution in [0.2, 0.25) is 0 Å². The Morgan fingerprint density at radius 2 is 1.83 bits per heavy atom. The fourth-order valence-electron chi connectivity index (χ4n) is 3.29. The Bertz CT molecular complexity index is 558. The van der Waals surface area contributed by atoms with Crippen LogP contribution in [0.15, 0.2) is 30.3 Å². The molecule has 1 aromatic rings. The van der Waals surface area contributed by atoms with Crippen molar-refractivity contribution in [1.82, 2.24) is 15.1 Å². The lowest BCUT2D eigenvalue weighted by atomic mass is 9.96. The molecule has 2 aliphatic rings. The summed E-state index contributed by atoms with van der Waals surface area (Å²) in [5.74, 6) is 0.0817. The van der Waals surface area contributed by atoms with E-state index in [-0.39, 0.29) is 17.9 Å². The zero-order valence-electron chi connectivity index (χ0n) is 13.9. The van der Waals surface area contributed by atoms with Crippen molar-refractivity contribution >= 4 is 11.9 Å². The number of nitrogens with zero attached hydrogens (tertiary/aromatic N) is 2. The van der Waals surface area contributed by atoms with Crippen LogP contribution in [0.3, 0.4) is 0 Å². The number of benzene rings is 1. The van der Waals surface area contributed by atoms with E-state index in [4.69, 9.17) is 4.74 Å². The fourth-order valence-corrected chi connectivity index (χ4v) is 3.29. The molecule has 2 heterocycles. The number of morpholine rings is 1. The van der Waals surface area contributed by atoms with E-state index in [2.05, 4.69) is 5.32 Å². The molecule has 0 aromatic heterocycles. The lowest BCUT2D eigenvalue weighted by Crippen LogP contribution is -2.51. The van der Waals surface area contributed by atoms with Gasteiger partial charge in [0, 0.05) is 32.7 Å². The lowest BCUT2D eigenvalue weighted by molar-refractivity contribution is -0.141. The van der Waals surface area contributed by atoms with E-state index < -0.39 is 0 Å². The van der Waals surface area contributed by atoms with Gasteiger partial charge >= 0.3 is 6.03 Å². The highest BCUT2D eigenvalue weighted by Gasteiger charge is 2.31. The zero-order chi connectivity index (χ0) is 16.8. The van der Waals surface area contributed by atoms with Crippen LogP contribution in [-0.4, -0.2) is 61.1 Å². The number of amides is 3. The number of nitrogens with one attached hydrogen (secondary N) is 1. The summed E-state index contributed by atoms with van der Waals surface area (Å²) in [4.78, 5) is 28.6. The third-order valence-electron chi connectivity index (χ3n) is 4.67. The van der Waals surface area contributed by atoms with Crippen molar-refractivity contribution in [2.75, 3.05) is 39.4 Å². The minimum absolute atomic E-state index is 0.0840. The average Bonchev–Trinajstić information content (AvgIpc) is 2.67. The number of hydrogen-bond acceptors (Lipinski definition) is 3. The summed E-state index contributed by atoms with van der Waals surface area (Å²) in [6.45, 7) is 4.28. The molecule has 0 spiro atoms. The van der Waals surface area contributed by atoms with E-state index in [9.17, 15) is 9.59 Å². The number of urea groups is 1. The van der Waals surface area contributed by atoms with Crippen molar-refractivity contribution in [3.63, 3.8) is 0 Å². The molecule has 3 amide bonds. The molecule has 24 heavy (non-hydrogen) atoms. The molecule has 0 radical (unpaired) electrons. The highest BCUT2D eigenvalue weighted by atomic mass is 16.5. The van der Waals surface area contributed by atoms with Crippen molar-refractivity contribution in [2.45, 2.75) is 19.4 Å². The van der Waals surface area contributed by atoms with Gasteiger partial charge in [0.1, 0.15) is 0 Å². The second-order valence-electron chi connectivity index (χ2n) is 6.37. The van der Waals surface area contributed by atoms with Crippen LogP contribution >= 0.6 is 0 Å². The summed E-state index contributed by atoms with van der Waals surface area (Å²) in [6.07, 6.45) is 1.73. The molecule has 3 rings (SSSR count). The summed E-state index contributed by atoms with van der Waals surface area (Å²) in [7, 11) is 0. The van der Waals surface area contributed by atoms with Gasteiger partial charge in [-0.2, -0.15) is 0 Å². The van der Waals surface area contributed by atoms with Gasteiger partial charge in [0.2, 0.25) is 5.91 Å². The Kier molecular flexibility index (Phi) is 5.69. The standard InChI is InChI=1S/C18H25N3O3/c22-17(20-9-11-24-12-10-20)16-7-4-8-21(14-16)18(23)19-13-15-5-2-1-3-6-15/h1-3,5-6,16H,4,7-14H2,(H,19,23)/t16-/m0/s1. The molecule has 0 bridgehead atoms. The number of rotatable bonds is 3. The number of piperidine rings is 1. The zero-order valence-corrected chi connectivity index (χ0v) is 13.9. The molecule has 1 atom stereocenters. The predicted molar refractivity (Wildman–Crippen MR) is 90.4 cm³/mol. The molecule has 130 valence electrons. The molecule has 1 N–H and O–H groups in total. The van der Waals surface area contributed by atoms with E-state index in [0.29, 0.717) is 45.9 Å². The smallest absolute Gasteiger partial charge is 0.317 e.